The Morgan fingerprint density at radius 1 is 1.12 bits per heavy atom. The first kappa shape index (κ1) is 12.2. The van der Waals surface area contributed by atoms with E-state index in [1.807, 2.05) is 0 Å². The molecule has 0 spiro atoms. The first-order valence-electron chi connectivity index (χ1n) is 4.47. The molecule has 7 heteroatoms. The standard InChI is InChI=1S/C10H6Cl3N3O/c11-5-1-2-6(12)7(3-5)17-10-8(13)9(14)15-4-16-10/h1-4H,(H2,14,15,16). The van der Waals surface area contributed by atoms with Crippen molar-refractivity contribution < 1.29 is 4.74 Å². The summed E-state index contributed by atoms with van der Waals surface area (Å²) in [5, 5.41) is 1.01. The molecule has 0 unspecified atom stereocenters. The maximum atomic E-state index is 5.94. The van der Waals surface area contributed by atoms with E-state index < -0.39 is 0 Å². The number of ether oxygens (including phenoxy) is 1. The zero-order chi connectivity index (χ0) is 12.4. The quantitative estimate of drug-likeness (QED) is 0.913. The molecule has 2 aromatic rings. The van der Waals surface area contributed by atoms with Gasteiger partial charge in [0.1, 0.15) is 22.9 Å². The van der Waals surface area contributed by atoms with Crippen LogP contribution in [0.2, 0.25) is 15.1 Å². The maximum absolute atomic E-state index is 5.94. The van der Waals surface area contributed by atoms with E-state index in [1.165, 1.54) is 6.33 Å². The molecular weight excluding hydrogens is 284 g/mol. The highest BCUT2D eigenvalue weighted by molar-refractivity contribution is 6.35. The summed E-state index contributed by atoms with van der Waals surface area (Å²) in [5.41, 5.74) is 5.52. The molecule has 0 aliphatic carbocycles. The number of aromatic nitrogens is 2. The van der Waals surface area contributed by atoms with Crippen LogP contribution in [-0.4, -0.2) is 9.97 Å². The van der Waals surface area contributed by atoms with Gasteiger partial charge in [-0.15, -0.1) is 0 Å². The number of rotatable bonds is 2. The van der Waals surface area contributed by atoms with E-state index in [1.54, 1.807) is 18.2 Å². The van der Waals surface area contributed by atoms with Crippen LogP contribution in [0.15, 0.2) is 24.5 Å². The molecule has 2 N–H and O–H groups in total. The van der Waals surface area contributed by atoms with Gasteiger partial charge in [-0.05, 0) is 12.1 Å². The average molecular weight is 291 g/mol. The van der Waals surface area contributed by atoms with Gasteiger partial charge in [0.05, 0.1) is 5.02 Å². The minimum atomic E-state index is 0.128. The zero-order valence-electron chi connectivity index (χ0n) is 8.32. The lowest BCUT2D eigenvalue weighted by atomic mass is 10.3. The van der Waals surface area contributed by atoms with Crippen LogP contribution in [0.5, 0.6) is 11.6 Å². The van der Waals surface area contributed by atoms with Gasteiger partial charge in [-0.2, -0.15) is 4.98 Å². The fraction of sp³-hybridized carbons (Fsp3) is 0. The van der Waals surface area contributed by atoms with Gasteiger partial charge in [-0.25, -0.2) is 4.98 Å². The van der Waals surface area contributed by atoms with Gasteiger partial charge in [0.15, 0.2) is 0 Å². The summed E-state index contributed by atoms with van der Waals surface area (Å²) in [4.78, 5) is 7.57. The average Bonchev–Trinajstić information content (AvgIpc) is 2.30. The number of hydrogen-bond donors (Lipinski definition) is 1. The second-order valence-corrected chi connectivity index (χ2v) is 4.28. The molecule has 4 nitrogen and oxygen atoms in total. The third kappa shape index (κ3) is 2.72. The zero-order valence-corrected chi connectivity index (χ0v) is 10.6. The van der Waals surface area contributed by atoms with Gasteiger partial charge in [0.2, 0.25) is 5.88 Å². The summed E-state index contributed by atoms with van der Waals surface area (Å²) in [5.74, 6) is 0.609. The summed E-state index contributed by atoms with van der Waals surface area (Å²) >= 11 is 17.6. The van der Waals surface area contributed by atoms with E-state index >= 15 is 0 Å². The Balaban J connectivity index is 2.38. The van der Waals surface area contributed by atoms with Crippen LogP contribution >= 0.6 is 34.8 Å². The maximum Gasteiger partial charge on any atom is 0.243 e. The van der Waals surface area contributed by atoms with Crippen LogP contribution in [0.3, 0.4) is 0 Å². The van der Waals surface area contributed by atoms with Crippen molar-refractivity contribution in [3.8, 4) is 11.6 Å². The van der Waals surface area contributed by atoms with Crippen LogP contribution in [0.4, 0.5) is 5.82 Å². The van der Waals surface area contributed by atoms with Crippen molar-refractivity contribution in [2.24, 2.45) is 0 Å². The molecule has 1 aromatic heterocycles. The van der Waals surface area contributed by atoms with Crippen molar-refractivity contribution in [1.82, 2.24) is 9.97 Å². The molecule has 1 heterocycles. The van der Waals surface area contributed by atoms with Crippen molar-refractivity contribution >= 4 is 40.6 Å². The number of nitrogen functional groups attached to an aromatic ring is 1. The van der Waals surface area contributed by atoms with E-state index in [0.717, 1.165) is 0 Å². The van der Waals surface area contributed by atoms with Gasteiger partial charge in [-0.1, -0.05) is 34.8 Å². The monoisotopic (exact) mass is 289 g/mol. The number of benzene rings is 1. The van der Waals surface area contributed by atoms with Crippen molar-refractivity contribution in [3.05, 3.63) is 39.6 Å². The second kappa shape index (κ2) is 4.96. The molecule has 0 aliphatic heterocycles. The molecule has 2 rings (SSSR count). The van der Waals surface area contributed by atoms with Crippen LogP contribution in [-0.2, 0) is 0 Å². The molecule has 0 saturated carbocycles. The summed E-state index contributed by atoms with van der Waals surface area (Å²) in [6, 6.07) is 4.81. The first-order valence-corrected chi connectivity index (χ1v) is 5.60. The third-order valence-electron chi connectivity index (χ3n) is 1.88. The predicted molar refractivity (Wildman–Crippen MR) is 68.0 cm³/mol. The molecule has 0 saturated heterocycles. The Bertz CT molecular complexity index is 562. The van der Waals surface area contributed by atoms with Crippen LogP contribution in [0, 0.1) is 0 Å². The van der Waals surface area contributed by atoms with Crippen molar-refractivity contribution in [2.45, 2.75) is 0 Å². The van der Waals surface area contributed by atoms with Gasteiger partial charge < -0.3 is 10.5 Å². The van der Waals surface area contributed by atoms with Crippen LogP contribution < -0.4 is 10.5 Å². The van der Waals surface area contributed by atoms with Gasteiger partial charge in [-0.3, -0.25) is 0 Å². The number of anilines is 1. The number of nitrogens with two attached hydrogens (primary N) is 1. The lowest BCUT2D eigenvalue weighted by Gasteiger charge is -2.08. The highest BCUT2D eigenvalue weighted by atomic mass is 35.5. The normalized spacial score (nSPS) is 10.3. The SMILES string of the molecule is Nc1ncnc(Oc2cc(Cl)ccc2Cl)c1Cl. The molecule has 0 fully saturated rings. The molecule has 0 aliphatic rings. The lowest BCUT2D eigenvalue weighted by Crippen LogP contribution is -1.96. The van der Waals surface area contributed by atoms with Crippen molar-refractivity contribution in [1.29, 1.82) is 0 Å². The summed E-state index contributed by atoms with van der Waals surface area (Å²) in [6.07, 6.45) is 1.25. The molecular formula is C10H6Cl3N3O. The number of hydrogen-bond acceptors (Lipinski definition) is 4. The van der Waals surface area contributed by atoms with E-state index in [2.05, 4.69) is 9.97 Å². The molecule has 88 valence electrons. The van der Waals surface area contributed by atoms with Gasteiger partial charge in [0, 0.05) is 11.1 Å². The summed E-state index contributed by atoms with van der Waals surface area (Å²) in [7, 11) is 0. The molecule has 0 amide bonds. The minimum Gasteiger partial charge on any atom is -0.436 e. The Labute approximate surface area is 112 Å². The highest BCUT2D eigenvalue weighted by Crippen LogP contribution is 2.35. The van der Waals surface area contributed by atoms with Gasteiger partial charge in [0.25, 0.3) is 0 Å². The molecule has 0 atom stereocenters. The van der Waals surface area contributed by atoms with Crippen molar-refractivity contribution in [2.75, 3.05) is 5.73 Å². The van der Waals surface area contributed by atoms with Crippen LogP contribution in [0.25, 0.3) is 0 Å². The predicted octanol–water partition coefficient (Wildman–Crippen LogP) is 3.81. The van der Waals surface area contributed by atoms with E-state index in [9.17, 15) is 0 Å². The molecule has 17 heavy (non-hydrogen) atoms. The molecule has 0 bridgehead atoms. The lowest BCUT2D eigenvalue weighted by molar-refractivity contribution is 0.462. The molecule has 1 aromatic carbocycles. The van der Waals surface area contributed by atoms with Crippen molar-refractivity contribution in [3.63, 3.8) is 0 Å². The first-order chi connectivity index (χ1) is 8.08. The Kier molecular flexibility index (Phi) is 3.57. The number of nitrogens with zero attached hydrogens (tertiary/aromatic N) is 2. The Hall–Kier alpha value is -1.23. The van der Waals surface area contributed by atoms with E-state index in [-0.39, 0.29) is 16.7 Å². The Morgan fingerprint density at radius 3 is 2.65 bits per heavy atom. The summed E-state index contributed by atoms with van der Waals surface area (Å²) in [6.45, 7) is 0. The van der Waals surface area contributed by atoms with E-state index in [0.29, 0.717) is 15.8 Å². The van der Waals surface area contributed by atoms with Gasteiger partial charge >= 0.3 is 0 Å². The minimum absolute atomic E-state index is 0.128. The highest BCUT2D eigenvalue weighted by Gasteiger charge is 2.11. The van der Waals surface area contributed by atoms with E-state index in [4.69, 9.17) is 45.3 Å². The largest absolute Gasteiger partial charge is 0.436 e. The smallest absolute Gasteiger partial charge is 0.243 e. The third-order valence-corrected chi connectivity index (χ3v) is 2.79. The van der Waals surface area contributed by atoms with Crippen LogP contribution in [0.1, 0.15) is 0 Å². The summed E-state index contributed by atoms with van der Waals surface area (Å²) < 4.78 is 5.42. The fourth-order valence-corrected chi connectivity index (χ4v) is 1.55. The topological polar surface area (TPSA) is 61.0 Å². The Morgan fingerprint density at radius 2 is 1.88 bits per heavy atom. The molecule has 0 radical (unpaired) electrons. The number of halogens is 3. The fourth-order valence-electron chi connectivity index (χ4n) is 1.10. The second-order valence-electron chi connectivity index (χ2n) is 3.05.